The van der Waals surface area contributed by atoms with Crippen LogP contribution >= 0.6 is 0 Å². The Morgan fingerprint density at radius 2 is 2.06 bits per heavy atom. The van der Waals surface area contributed by atoms with Crippen molar-refractivity contribution in [2.75, 3.05) is 39.1 Å². The lowest BCUT2D eigenvalue weighted by Crippen LogP contribution is -2.20. The number of nitrogens with one attached hydrogen (secondary N) is 1. The maximum Gasteiger partial charge on any atom is 0.336 e. The van der Waals surface area contributed by atoms with Crippen molar-refractivity contribution in [3.8, 4) is 17.5 Å². The minimum absolute atomic E-state index is 0.0353. The van der Waals surface area contributed by atoms with Gasteiger partial charge in [-0.1, -0.05) is 19.4 Å². The average molecular weight is 459 g/mol. The van der Waals surface area contributed by atoms with Crippen LogP contribution < -0.4 is 25.3 Å². The Bertz CT molecular complexity index is 1020. The van der Waals surface area contributed by atoms with E-state index in [-0.39, 0.29) is 24.5 Å². The predicted octanol–water partition coefficient (Wildman–Crippen LogP) is 2.22. The number of imidazole rings is 1. The molecule has 0 saturated carbocycles. The molecule has 0 aliphatic carbocycles. The van der Waals surface area contributed by atoms with Crippen LogP contribution in [0.5, 0.6) is 17.5 Å². The van der Waals surface area contributed by atoms with Gasteiger partial charge in [0.2, 0.25) is 0 Å². The Labute approximate surface area is 194 Å². The zero-order valence-corrected chi connectivity index (χ0v) is 19.6. The Balaban J connectivity index is 1.87. The fraction of sp³-hybridized carbons (Fsp3) is 0.522. The molecule has 0 bridgehead atoms. The molecular weight excluding hydrogens is 424 g/mol. The molecule has 180 valence electrons. The van der Waals surface area contributed by atoms with Crippen LogP contribution in [0, 0.1) is 0 Å². The van der Waals surface area contributed by atoms with Gasteiger partial charge in [0.05, 0.1) is 18.5 Å². The zero-order chi connectivity index (χ0) is 23.6. The lowest BCUT2D eigenvalue weighted by Gasteiger charge is -2.16. The number of aliphatic hydroxyl groups is 1. The molecule has 0 amide bonds. The predicted molar refractivity (Wildman–Crippen MR) is 126 cm³/mol. The number of likely N-dealkylation sites (N-methyl/N-ethyl adjacent to an activating group) is 1. The molecule has 4 N–H and O–H groups in total. The summed E-state index contributed by atoms with van der Waals surface area (Å²) in [6.45, 7) is 5.92. The van der Waals surface area contributed by atoms with E-state index in [1.165, 1.54) is 0 Å². The second kappa shape index (κ2) is 12.2. The first-order valence-electron chi connectivity index (χ1n) is 11.4. The molecule has 0 fully saturated rings. The van der Waals surface area contributed by atoms with Crippen LogP contribution in [0.3, 0.4) is 0 Å². The molecule has 33 heavy (non-hydrogen) atoms. The van der Waals surface area contributed by atoms with Gasteiger partial charge in [-0.2, -0.15) is 4.98 Å². The molecule has 0 radical (unpaired) electrons. The van der Waals surface area contributed by atoms with Gasteiger partial charge in [-0.05, 0) is 26.5 Å². The van der Waals surface area contributed by atoms with E-state index in [0.29, 0.717) is 31.7 Å². The molecule has 0 spiro atoms. The van der Waals surface area contributed by atoms with Crippen molar-refractivity contribution in [1.29, 1.82) is 0 Å². The zero-order valence-electron chi connectivity index (χ0n) is 19.6. The minimum atomic E-state index is -0.177. The second-order valence-electron chi connectivity index (χ2n) is 7.64. The van der Waals surface area contributed by atoms with Gasteiger partial charge in [0.25, 0.3) is 0 Å². The highest BCUT2D eigenvalue weighted by Gasteiger charge is 2.17. The molecule has 0 aliphatic heterocycles. The highest BCUT2D eigenvalue weighted by molar-refractivity contribution is 5.60. The summed E-state index contributed by atoms with van der Waals surface area (Å²) >= 11 is 0. The third kappa shape index (κ3) is 6.45. The monoisotopic (exact) mass is 458 g/mol. The summed E-state index contributed by atoms with van der Waals surface area (Å²) in [5.41, 5.74) is 8.40. The molecule has 10 heteroatoms. The van der Waals surface area contributed by atoms with Crippen molar-refractivity contribution >= 4 is 11.5 Å². The third-order valence-corrected chi connectivity index (χ3v) is 5.10. The SMILES string of the molecule is CCCC(CCO)Oc1nc(N)c2ncc(Cc3ccc(OCCNC)cc3OCC)n2n1. The summed E-state index contributed by atoms with van der Waals surface area (Å²) in [7, 11) is 1.89. The number of benzene rings is 1. The Hall–Kier alpha value is -3.11. The van der Waals surface area contributed by atoms with Gasteiger partial charge in [0.1, 0.15) is 24.2 Å². The molecule has 1 atom stereocenters. The first kappa shape index (κ1) is 24.5. The molecule has 10 nitrogen and oxygen atoms in total. The van der Waals surface area contributed by atoms with Crippen LogP contribution in [-0.4, -0.2) is 64.2 Å². The van der Waals surface area contributed by atoms with Gasteiger partial charge in [-0.3, -0.25) is 0 Å². The van der Waals surface area contributed by atoms with Gasteiger partial charge in [0, 0.05) is 37.6 Å². The third-order valence-electron chi connectivity index (χ3n) is 5.10. The van der Waals surface area contributed by atoms with Gasteiger partial charge < -0.3 is 30.4 Å². The number of aliphatic hydroxyl groups excluding tert-OH is 1. The standard InChI is InChI=1S/C23H34N6O4/c1-4-6-18(9-11-30)33-23-27-21(24)22-26-15-17(29(22)28-23)13-16-7-8-19(32-12-10-25-3)14-20(16)31-5-2/h7-8,14-15,18,25,30H,4-6,9-13H2,1-3H3,(H2,24,27,28). The van der Waals surface area contributed by atoms with Crippen molar-refractivity contribution < 1.29 is 19.3 Å². The second-order valence-corrected chi connectivity index (χ2v) is 7.64. The first-order valence-corrected chi connectivity index (χ1v) is 11.4. The molecule has 3 aromatic rings. The van der Waals surface area contributed by atoms with E-state index in [1.807, 2.05) is 32.2 Å². The summed E-state index contributed by atoms with van der Waals surface area (Å²) in [5, 5.41) is 16.9. The number of nitrogen functional groups attached to an aromatic ring is 1. The number of nitrogens with two attached hydrogens (primary N) is 1. The largest absolute Gasteiger partial charge is 0.493 e. The van der Waals surface area contributed by atoms with E-state index in [4.69, 9.17) is 19.9 Å². The van der Waals surface area contributed by atoms with Crippen molar-refractivity contribution in [2.24, 2.45) is 0 Å². The summed E-state index contributed by atoms with van der Waals surface area (Å²) in [6, 6.07) is 5.99. The number of rotatable bonds is 14. The van der Waals surface area contributed by atoms with Crippen LogP contribution in [0.2, 0.25) is 0 Å². The van der Waals surface area contributed by atoms with Crippen molar-refractivity contribution in [3.05, 3.63) is 35.7 Å². The van der Waals surface area contributed by atoms with Gasteiger partial charge in [-0.25, -0.2) is 9.50 Å². The van der Waals surface area contributed by atoms with Gasteiger partial charge in [-0.15, -0.1) is 5.10 Å². The number of hydrogen-bond donors (Lipinski definition) is 3. The lowest BCUT2D eigenvalue weighted by molar-refractivity contribution is 0.133. The van der Waals surface area contributed by atoms with E-state index in [1.54, 1.807) is 10.7 Å². The Morgan fingerprint density at radius 1 is 1.21 bits per heavy atom. The fourth-order valence-corrected chi connectivity index (χ4v) is 3.50. The number of aromatic nitrogens is 4. The fourth-order valence-electron chi connectivity index (χ4n) is 3.50. The molecule has 1 aromatic carbocycles. The van der Waals surface area contributed by atoms with Crippen LogP contribution in [0.4, 0.5) is 5.82 Å². The van der Waals surface area contributed by atoms with Crippen molar-refractivity contribution in [2.45, 2.75) is 45.6 Å². The first-order chi connectivity index (χ1) is 16.1. The molecule has 0 saturated heterocycles. The topological polar surface area (TPSA) is 129 Å². The highest BCUT2D eigenvalue weighted by Crippen LogP contribution is 2.28. The van der Waals surface area contributed by atoms with Crippen LogP contribution in [0.15, 0.2) is 24.4 Å². The van der Waals surface area contributed by atoms with Crippen LogP contribution in [0.1, 0.15) is 44.4 Å². The number of fused-ring (bicyclic) bond motifs is 1. The maximum absolute atomic E-state index is 9.31. The Morgan fingerprint density at radius 3 is 2.79 bits per heavy atom. The van der Waals surface area contributed by atoms with Gasteiger partial charge >= 0.3 is 6.01 Å². The van der Waals surface area contributed by atoms with Crippen molar-refractivity contribution in [3.63, 3.8) is 0 Å². The normalized spacial score (nSPS) is 12.1. The highest BCUT2D eigenvalue weighted by atomic mass is 16.5. The average Bonchev–Trinajstić information content (AvgIpc) is 3.19. The number of anilines is 1. The van der Waals surface area contributed by atoms with E-state index >= 15 is 0 Å². The molecule has 2 aromatic heterocycles. The minimum Gasteiger partial charge on any atom is -0.493 e. The molecule has 1 unspecified atom stereocenters. The smallest absolute Gasteiger partial charge is 0.336 e. The van der Waals surface area contributed by atoms with E-state index in [9.17, 15) is 5.11 Å². The van der Waals surface area contributed by atoms with E-state index in [2.05, 4.69) is 27.3 Å². The van der Waals surface area contributed by atoms with Crippen LogP contribution in [-0.2, 0) is 6.42 Å². The summed E-state index contributed by atoms with van der Waals surface area (Å²) in [6.07, 6.45) is 4.30. The van der Waals surface area contributed by atoms with Gasteiger partial charge in [0.15, 0.2) is 11.5 Å². The Kier molecular flexibility index (Phi) is 9.08. The quantitative estimate of drug-likeness (QED) is 0.311. The molecule has 3 rings (SSSR count). The number of nitrogens with zero attached hydrogens (tertiary/aromatic N) is 4. The van der Waals surface area contributed by atoms with Crippen LogP contribution in [0.25, 0.3) is 5.65 Å². The summed E-state index contributed by atoms with van der Waals surface area (Å²) in [5.74, 6) is 1.74. The number of ether oxygens (including phenoxy) is 3. The molecular formula is C23H34N6O4. The lowest BCUT2D eigenvalue weighted by atomic mass is 10.1. The summed E-state index contributed by atoms with van der Waals surface area (Å²) in [4.78, 5) is 8.65. The number of hydrogen-bond acceptors (Lipinski definition) is 9. The van der Waals surface area contributed by atoms with E-state index < -0.39 is 0 Å². The van der Waals surface area contributed by atoms with Crippen molar-refractivity contribution in [1.82, 2.24) is 24.9 Å². The maximum atomic E-state index is 9.31. The summed E-state index contributed by atoms with van der Waals surface area (Å²) < 4.78 is 19.2. The molecule has 2 heterocycles. The molecule has 0 aliphatic rings. The van der Waals surface area contributed by atoms with E-state index in [0.717, 1.165) is 42.1 Å².